The number of pyridine rings is 1. The van der Waals surface area contributed by atoms with Crippen molar-refractivity contribution in [1.29, 1.82) is 0 Å². The van der Waals surface area contributed by atoms with Gasteiger partial charge < -0.3 is 9.52 Å². The molecule has 0 aromatic carbocycles. The van der Waals surface area contributed by atoms with Crippen molar-refractivity contribution in [2.45, 2.75) is 6.92 Å². The van der Waals surface area contributed by atoms with Crippen molar-refractivity contribution in [2.24, 2.45) is 0 Å². The summed E-state index contributed by atoms with van der Waals surface area (Å²) in [5.74, 6) is -1.04. The summed E-state index contributed by atoms with van der Waals surface area (Å²) in [7, 11) is 0. The van der Waals surface area contributed by atoms with Crippen LogP contribution in [0.4, 0.5) is 0 Å². The Bertz CT molecular complexity index is 473. The van der Waals surface area contributed by atoms with E-state index < -0.39 is 5.97 Å². The second-order valence-corrected chi connectivity index (χ2v) is 2.73. The zero-order chi connectivity index (χ0) is 9.42. The van der Waals surface area contributed by atoms with Crippen LogP contribution in [0.5, 0.6) is 0 Å². The van der Waals surface area contributed by atoms with Crippen LogP contribution in [0.25, 0.3) is 11.0 Å². The van der Waals surface area contributed by atoms with Crippen molar-refractivity contribution in [3.8, 4) is 0 Å². The summed E-state index contributed by atoms with van der Waals surface area (Å²) in [5.41, 5.74) is 1.24. The molecule has 0 spiro atoms. The third-order valence-corrected chi connectivity index (χ3v) is 1.86. The second-order valence-electron chi connectivity index (χ2n) is 2.73. The van der Waals surface area contributed by atoms with E-state index in [1.165, 1.54) is 12.3 Å². The molecule has 0 aliphatic carbocycles. The fourth-order valence-electron chi connectivity index (χ4n) is 1.24. The number of aromatic carboxylic acids is 1. The first-order valence-electron chi connectivity index (χ1n) is 3.76. The molecule has 0 aliphatic rings. The Labute approximate surface area is 73.8 Å². The number of carboxylic acid groups (broad SMARTS) is 1. The molecule has 13 heavy (non-hydrogen) atoms. The summed E-state index contributed by atoms with van der Waals surface area (Å²) in [6, 6.07) is 3.19. The van der Waals surface area contributed by atoms with Crippen LogP contribution < -0.4 is 0 Å². The molecule has 2 aromatic rings. The Hall–Kier alpha value is -1.84. The number of carbonyl (C=O) groups is 1. The lowest BCUT2D eigenvalue weighted by Crippen LogP contribution is -2.00. The van der Waals surface area contributed by atoms with Gasteiger partial charge in [-0.2, -0.15) is 0 Å². The normalized spacial score (nSPS) is 10.5. The van der Waals surface area contributed by atoms with Gasteiger partial charge in [0.2, 0.25) is 0 Å². The molecule has 0 saturated carbocycles. The maximum Gasteiger partial charge on any atom is 0.354 e. The molecule has 2 heterocycles. The Morgan fingerprint density at radius 3 is 3.08 bits per heavy atom. The van der Waals surface area contributed by atoms with Crippen molar-refractivity contribution in [3.63, 3.8) is 0 Å². The first kappa shape index (κ1) is 7.79. The van der Waals surface area contributed by atoms with Crippen LogP contribution in [0.15, 0.2) is 22.8 Å². The summed E-state index contributed by atoms with van der Waals surface area (Å²) in [5, 5.41) is 9.55. The van der Waals surface area contributed by atoms with Gasteiger partial charge in [-0.15, -0.1) is 0 Å². The van der Waals surface area contributed by atoms with Crippen LogP contribution >= 0.6 is 0 Å². The van der Waals surface area contributed by atoms with E-state index in [1.54, 1.807) is 13.0 Å². The summed E-state index contributed by atoms with van der Waals surface area (Å²) in [6.07, 6.45) is 1.52. The predicted octanol–water partition coefficient (Wildman–Crippen LogP) is 1.83. The van der Waals surface area contributed by atoms with Gasteiger partial charge >= 0.3 is 5.97 Å². The van der Waals surface area contributed by atoms with Crippen LogP contribution in [0.3, 0.4) is 0 Å². The first-order chi connectivity index (χ1) is 6.18. The monoisotopic (exact) mass is 177 g/mol. The van der Waals surface area contributed by atoms with Crippen molar-refractivity contribution in [3.05, 3.63) is 29.8 Å². The molecule has 0 fully saturated rings. The Morgan fingerprint density at radius 2 is 2.38 bits per heavy atom. The molecule has 0 unspecified atom stereocenters. The second kappa shape index (κ2) is 2.58. The fourth-order valence-corrected chi connectivity index (χ4v) is 1.24. The van der Waals surface area contributed by atoms with E-state index in [-0.39, 0.29) is 5.69 Å². The average Bonchev–Trinajstić information content (AvgIpc) is 2.51. The molecule has 0 radical (unpaired) electrons. The number of rotatable bonds is 1. The largest absolute Gasteiger partial charge is 0.477 e. The van der Waals surface area contributed by atoms with E-state index in [2.05, 4.69) is 4.98 Å². The Morgan fingerprint density at radius 1 is 1.62 bits per heavy atom. The molecule has 4 nitrogen and oxygen atoms in total. The number of carboxylic acids is 1. The van der Waals surface area contributed by atoms with Crippen molar-refractivity contribution in [1.82, 2.24) is 4.98 Å². The highest BCUT2D eigenvalue weighted by Gasteiger charge is 2.09. The Balaban J connectivity index is 2.77. The SMILES string of the molecule is Cc1nc(C(=O)O)cc2occc12. The minimum absolute atomic E-state index is 0.0138. The standard InChI is InChI=1S/C9H7NO3/c1-5-6-2-3-13-8(6)4-7(10-5)9(11)12/h2-4H,1H3,(H,11,12). The molecule has 4 heteroatoms. The number of fused-ring (bicyclic) bond motifs is 1. The molecule has 0 amide bonds. The van der Waals surface area contributed by atoms with Gasteiger partial charge in [0, 0.05) is 17.1 Å². The molecule has 1 N–H and O–H groups in total. The van der Waals surface area contributed by atoms with Gasteiger partial charge in [-0.05, 0) is 13.0 Å². The van der Waals surface area contributed by atoms with E-state index in [4.69, 9.17) is 9.52 Å². The van der Waals surface area contributed by atoms with Crippen molar-refractivity contribution >= 4 is 16.9 Å². The lowest BCUT2D eigenvalue weighted by atomic mass is 10.2. The minimum Gasteiger partial charge on any atom is -0.477 e. The van der Waals surface area contributed by atoms with E-state index >= 15 is 0 Å². The number of aromatic nitrogens is 1. The zero-order valence-corrected chi connectivity index (χ0v) is 6.94. The molecule has 0 atom stereocenters. The molecule has 0 bridgehead atoms. The average molecular weight is 177 g/mol. The highest BCUT2D eigenvalue weighted by Crippen LogP contribution is 2.18. The molecule has 2 aromatic heterocycles. The number of nitrogens with zero attached hydrogens (tertiary/aromatic N) is 1. The highest BCUT2D eigenvalue weighted by atomic mass is 16.4. The van der Waals surface area contributed by atoms with Crippen LogP contribution in [-0.4, -0.2) is 16.1 Å². The van der Waals surface area contributed by atoms with Crippen molar-refractivity contribution in [2.75, 3.05) is 0 Å². The molecule has 66 valence electrons. The van der Waals surface area contributed by atoms with Gasteiger partial charge in [0.1, 0.15) is 5.58 Å². The van der Waals surface area contributed by atoms with Gasteiger partial charge in [-0.1, -0.05) is 0 Å². The first-order valence-corrected chi connectivity index (χ1v) is 3.76. The molecular formula is C9H7NO3. The van der Waals surface area contributed by atoms with E-state index in [0.29, 0.717) is 11.3 Å². The molecule has 0 aliphatic heterocycles. The van der Waals surface area contributed by atoms with Gasteiger partial charge in [0.05, 0.1) is 6.26 Å². The van der Waals surface area contributed by atoms with Gasteiger partial charge in [0.25, 0.3) is 0 Å². The van der Waals surface area contributed by atoms with E-state index in [9.17, 15) is 4.79 Å². The molecular weight excluding hydrogens is 170 g/mol. The maximum atomic E-state index is 10.6. The number of furan rings is 1. The van der Waals surface area contributed by atoms with Gasteiger partial charge in [-0.25, -0.2) is 9.78 Å². The number of aryl methyl sites for hydroxylation is 1. The number of hydrogen-bond acceptors (Lipinski definition) is 3. The molecule has 0 saturated heterocycles. The zero-order valence-electron chi connectivity index (χ0n) is 6.94. The topological polar surface area (TPSA) is 63.3 Å². The fraction of sp³-hybridized carbons (Fsp3) is 0.111. The summed E-state index contributed by atoms with van der Waals surface area (Å²) in [6.45, 7) is 1.75. The van der Waals surface area contributed by atoms with E-state index in [0.717, 1.165) is 5.39 Å². The summed E-state index contributed by atoms with van der Waals surface area (Å²) < 4.78 is 5.09. The van der Waals surface area contributed by atoms with Crippen LogP contribution in [0.1, 0.15) is 16.2 Å². The minimum atomic E-state index is -1.04. The Kier molecular flexibility index (Phi) is 1.55. The van der Waals surface area contributed by atoms with Crippen LogP contribution in [0.2, 0.25) is 0 Å². The van der Waals surface area contributed by atoms with E-state index in [1.807, 2.05) is 0 Å². The lowest BCUT2D eigenvalue weighted by molar-refractivity contribution is 0.0690. The van der Waals surface area contributed by atoms with Gasteiger partial charge in [-0.3, -0.25) is 0 Å². The summed E-state index contributed by atoms with van der Waals surface area (Å²) in [4.78, 5) is 14.5. The smallest absolute Gasteiger partial charge is 0.354 e. The predicted molar refractivity (Wildman–Crippen MR) is 45.7 cm³/mol. The van der Waals surface area contributed by atoms with Crippen LogP contribution in [0, 0.1) is 6.92 Å². The van der Waals surface area contributed by atoms with Crippen LogP contribution in [-0.2, 0) is 0 Å². The summed E-state index contributed by atoms with van der Waals surface area (Å²) >= 11 is 0. The third-order valence-electron chi connectivity index (χ3n) is 1.86. The lowest BCUT2D eigenvalue weighted by Gasteiger charge is -1.96. The highest BCUT2D eigenvalue weighted by molar-refractivity contribution is 5.91. The third kappa shape index (κ3) is 1.16. The quantitative estimate of drug-likeness (QED) is 0.721. The van der Waals surface area contributed by atoms with Gasteiger partial charge in [0.15, 0.2) is 5.69 Å². The maximum absolute atomic E-state index is 10.6. The van der Waals surface area contributed by atoms with Crippen molar-refractivity contribution < 1.29 is 14.3 Å². The molecule has 2 rings (SSSR count). The number of hydrogen-bond donors (Lipinski definition) is 1.